The summed E-state index contributed by atoms with van der Waals surface area (Å²) in [7, 11) is 1.52. The van der Waals surface area contributed by atoms with E-state index in [1.165, 1.54) is 18.9 Å². The van der Waals surface area contributed by atoms with Crippen molar-refractivity contribution in [3.63, 3.8) is 0 Å². The molecule has 1 N–H and O–H groups in total. The Morgan fingerprint density at radius 3 is 2.62 bits per heavy atom. The highest BCUT2D eigenvalue weighted by Gasteiger charge is 2.28. The molecule has 1 saturated carbocycles. The first-order valence-electron chi connectivity index (χ1n) is 6.73. The molecule has 0 aliphatic heterocycles. The Morgan fingerprint density at radius 2 is 2.10 bits per heavy atom. The van der Waals surface area contributed by atoms with Gasteiger partial charge in [-0.3, -0.25) is 4.79 Å². The second kappa shape index (κ2) is 6.26. The van der Waals surface area contributed by atoms with Gasteiger partial charge in [0, 0.05) is 27.3 Å². The van der Waals surface area contributed by atoms with Crippen molar-refractivity contribution in [1.29, 1.82) is 0 Å². The Hall–Kier alpha value is -0.590. The van der Waals surface area contributed by atoms with Crippen LogP contribution < -0.4 is 5.32 Å². The van der Waals surface area contributed by atoms with Crippen LogP contribution in [0.15, 0.2) is 21.5 Å². The number of halogens is 2. The van der Waals surface area contributed by atoms with E-state index < -0.39 is 9.05 Å². The quantitative estimate of drug-likeness (QED) is 0.778. The number of carbonyl (C=O) groups is 1. The van der Waals surface area contributed by atoms with Crippen LogP contribution in [0.4, 0.5) is 0 Å². The lowest BCUT2D eigenvalue weighted by molar-refractivity contribution is 0.0946. The summed E-state index contributed by atoms with van der Waals surface area (Å²) in [6.45, 7) is 4.34. The predicted molar refractivity (Wildman–Crippen MR) is 86.1 cm³/mol. The summed E-state index contributed by atoms with van der Waals surface area (Å²) in [4.78, 5) is 12.1. The predicted octanol–water partition coefficient (Wildman–Crippen LogP) is 3.46. The number of benzene rings is 1. The fourth-order valence-corrected chi connectivity index (χ4v) is 4.04. The van der Waals surface area contributed by atoms with E-state index in [-0.39, 0.29) is 16.4 Å². The minimum atomic E-state index is -3.88. The van der Waals surface area contributed by atoms with Crippen molar-refractivity contribution in [3.05, 3.63) is 27.7 Å². The van der Waals surface area contributed by atoms with Gasteiger partial charge in [0.05, 0.1) is 4.90 Å². The highest BCUT2D eigenvalue weighted by Crippen LogP contribution is 2.36. The molecule has 2 rings (SSSR count). The van der Waals surface area contributed by atoms with Crippen molar-refractivity contribution >= 4 is 41.6 Å². The SMILES string of the molecule is Cc1c(Br)cc(C(=O)NCC(C)C2CC2)cc1S(=O)(=O)Cl. The van der Waals surface area contributed by atoms with Crippen LogP contribution in [-0.4, -0.2) is 20.9 Å². The maximum absolute atomic E-state index is 12.2. The molecule has 1 unspecified atom stereocenters. The van der Waals surface area contributed by atoms with Crippen molar-refractivity contribution in [2.24, 2.45) is 11.8 Å². The molecule has 1 fully saturated rings. The molecule has 0 bridgehead atoms. The van der Waals surface area contributed by atoms with Gasteiger partial charge >= 0.3 is 0 Å². The van der Waals surface area contributed by atoms with Crippen molar-refractivity contribution in [3.8, 4) is 0 Å². The highest BCUT2D eigenvalue weighted by molar-refractivity contribution is 9.10. The van der Waals surface area contributed by atoms with Crippen LogP contribution in [0, 0.1) is 18.8 Å². The molecule has 1 aliphatic rings. The molecule has 0 saturated heterocycles. The fraction of sp³-hybridized carbons (Fsp3) is 0.500. The van der Waals surface area contributed by atoms with Crippen LogP contribution in [0.5, 0.6) is 0 Å². The summed E-state index contributed by atoms with van der Waals surface area (Å²) in [5.41, 5.74) is 0.780. The van der Waals surface area contributed by atoms with Crippen LogP contribution >= 0.6 is 26.6 Å². The van der Waals surface area contributed by atoms with Crippen LogP contribution in [-0.2, 0) is 9.05 Å². The maximum Gasteiger partial charge on any atom is 0.261 e. The van der Waals surface area contributed by atoms with E-state index >= 15 is 0 Å². The molecule has 21 heavy (non-hydrogen) atoms. The minimum absolute atomic E-state index is 0.0427. The number of rotatable bonds is 5. The molecule has 1 aromatic carbocycles. The summed E-state index contributed by atoms with van der Waals surface area (Å²) < 4.78 is 23.7. The molecule has 0 radical (unpaired) electrons. The third-order valence-corrected chi connectivity index (χ3v) is 6.10. The van der Waals surface area contributed by atoms with E-state index in [2.05, 4.69) is 28.2 Å². The van der Waals surface area contributed by atoms with Crippen molar-refractivity contribution in [1.82, 2.24) is 5.32 Å². The summed E-state index contributed by atoms with van der Waals surface area (Å²) in [6, 6.07) is 2.93. The lowest BCUT2D eigenvalue weighted by Gasteiger charge is -2.13. The first-order valence-corrected chi connectivity index (χ1v) is 9.83. The Bertz CT molecular complexity index is 671. The summed E-state index contributed by atoms with van der Waals surface area (Å²) >= 11 is 3.27. The van der Waals surface area contributed by atoms with E-state index in [0.29, 0.717) is 28.4 Å². The van der Waals surface area contributed by atoms with Gasteiger partial charge in [-0.05, 0) is 49.3 Å². The molecule has 4 nitrogen and oxygen atoms in total. The summed E-state index contributed by atoms with van der Waals surface area (Å²) in [6.07, 6.45) is 2.45. The van der Waals surface area contributed by atoms with Crippen molar-refractivity contribution < 1.29 is 13.2 Å². The van der Waals surface area contributed by atoms with Gasteiger partial charge in [-0.1, -0.05) is 22.9 Å². The zero-order valence-electron chi connectivity index (χ0n) is 11.8. The van der Waals surface area contributed by atoms with E-state index in [9.17, 15) is 13.2 Å². The van der Waals surface area contributed by atoms with Gasteiger partial charge in [-0.25, -0.2) is 8.42 Å². The smallest absolute Gasteiger partial charge is 0.261 e. The van der Waals surface area contributed by atoms with Gasteiger partial charge in [0.2, 0.25) is 0 Å². The Labute approximate surface area is 137 Å². The second-order valence-corrected chi connectivity index (χ2v) is 8.93. The van der Waals surface area contributed by atoms with Gasteiger partial charge in [0.25, 0.3) is 15.0 Å². The van der Waals surface area contributed by atoms with Gasteiger partial charge in [-0.2, -0.15) is 0 Å². The zero-order valence-corrected chi connectivity index (χ0v) is 15.0. The third kappa shape index (κ3) is 4.20. The van der Waals surface area contributed by atoms with Crippen molar-refractivity contribution in [2.45, 2.75) is 31.6 Å². The first-order chi connectivity index (χ1) is 9.70. The molecule has 1 amide bonds. The molecule has 1 aliphatic carbocycles. The zero-order chi connectivity index (χ0) is 15.8. The lowest BCUT2D eigenvalue weighted by atomic mass is 10.1. The molecule has 0 heterocycles. The Kier molecular flexibility index (Phi) is 5.00. The monoisotopic (exact) mass is 393 g/mol. The molecule has 1 atom stereocenters. The Balaban J connectivity index is 2.19. The standard InChI is InChI=1S/C14H17BrClNO3S/c1-8(10-3-4-10)7-17-14(18)11-5-12(15)9(2)13(6-11)21(16,19)20/h5-6,8,10H,3-4,7H2,1-2H3,(H,17,18). The molecule has 1 aromatic rings. The molecule has 0 aromatic heterocycles. The van der Waals surface area contributed by atoms with E-state index in [1.54, 1.807) is 13.0 Å². The van der Waals surface area contributed by atoms with Crippen LogP contribution in [0.25, 0.3) is 0 Å². The highest BCUT2D eigenvalue weighted by atomic mass is 79.9. The van der Waals surface area contributed by atoms with E-state index in [0.717, 1.165) is 0 Å². The van der Waals surface area contributed by atoms with Crippen LogP contribution in [0.1, 0.15) is 35.7 Å². The molecule has 116 valence electrons. The van der Waals surface area contributed by atoms with Crippen molar-refractivity contribution in [2.75, 3.05) is 6.54 Å². The van der Waals surface area contributed by atoms with E-state index in [1.807, 2.05) is 0 Å². The average molecular weight is 395 g/mol. The van der Waals surface area contributed by atoms with Crippen LogP contribution in [0.2, 0.25) is 0 Å². The van der Waals surface area contributed by atoms with E-state index in [4.69, 9.17) is 10.7 Å². The number of hydrogen-bond acceptors (Lipinski definition) is 3. The molecule has 0 spiro atoms. The van der Waals surface area contributed by atoms with Gasteiger partial charge in [-0.15, -0.1) is 0 Å². The topological polar surface area (TPSA) is 63.2 Å². The second-order valence-electron chi connectivity index (χ2n) is 5.54. The van der Waals surface area contributed by atoms with Gasteiger partial charge in [0.15, 0.2) is 0 Å². The number of carbonyl (C=O) groups excluding carboxylic acids is 1. The van der Waals surface area contributed by atoms with Crippen LogP contribution in [0.3, 0.4) is 0 Å². The number of amides is 1. The largest absolute Gasteiger partial charge is 0.352 e. The summed E-state index contributed by atoms with van der Waals surface area (Å²) in [5, 5.41) is 2.85. The lowest BCUT2D eigenvalue weighted by Crippen LogP contribution is -2.29. The molecular weight excluding hydrogens is 378 g/mol. The molecule has 7 heteroatoms. The third-order valence-electron chi connectivity index (χ3n) is 3.83. The van der Waals surface area contributed by atoms with Gasteiger partial charge in [0.1, 0.15) is 0 Å². The first kappa shape index (κ1) is 16.8. The summed E-state index contributed by atoms with van der Waals surface area (Å²) in [5.74, 6) is 0.859. The number of hydrogen-bond donors (Lipinski definition) is 1. The normalized spacial score (nSPS) is 16.6. The fourth-order valence-electron chi connectivity index (χ4n) is 2.23. The molecular formula is C14H17BrClNO3S. The minimum Gasteiger partial charge on any atom is -0.352 e. The average Bonchev–Trinajstić information content (AvgIpc) is 3.21. The maximum atomic E-state index is 12.2. The number of nitrogens with one attached hydrogen (secondary N) is 1. The van der Waals surface area contributed by atoms with Gasteiger partial charge < -0.3 is 5.32 Å². The Morgan fingerprint density at radius 1 is 1.48 bits per heavy atom.